The lowest BCUT2D eigenvalue weighted by molar-refractivity contribution is -0.166. The predicted molar refractivity (Wildman–Crippen MR) is 256 cm³/mol. The van der Waals surface area contributed by atoms with E-state index < -0.39 is 6.10 Å². The van der Waals surface area contributed by atoms with Crippen LogP contribution in [0.25, 0.3) is 0 Å². The van der Waals surface area contributed by atoms with Crippen LogP contribution in [-0.4, -0.2) is 37.2 Å². The van der Waals surface area contributed by atoms with Gasteiger partial charge in [-0.25, -0.2) is 0 Å². The first-order chi connectivity index (χ1) is 29.5. The lowest BCUT2D eigenvalue weighted by atomic mass is 10.0. The van der Waals surface area contributed by atoms with Crippen LogP contribution in [-0.2, 0) is 28.6 Å². The van der Waals surface area contributed by atoms with Gasteiger partial charge in [-0.3, -0.25) is 14.4 Å². The summed E-state index contributed by atoms with van der Waals surface area (Å²) in [4.78, 5) is 37.8. The minimum atomic E-state index is -0.814. The van der Waals surface area contributed by atoms with Gasteiger partial charge in [0.25, 0.3) is 0 Å². The molecule has 0 aliphatic heterocycles. The Kier molecular flexibility index (Phi) is 45.5. The highest BCUT2D eigenvalue weighted by atomic mass is 16.6. The van der Waals surface area contributed by atoms with Gasteiger partial charge in [-0.1, -0.05) is 228 Å². The molecule has 0 saturated carbocycles. The van der Waals surface area contributed by atoms with Gasteiger partial charge in [0.15, 0.2) is 6.10 Å². The molecule has 0 spiro atoms. The molecule has 0 heterocycles. The fourth-order valence-corrected chi connectivity index (χ4v) is 6.57. The molecule has 0 aromatic heterocycles. The number of esters is 3. The first kappa shape index (κ1) is 56.6. The maximum absolute atomic E-state index is 12.8. The molecule has 1 unspecified atom stereocenters. The van der Waals surface area contributed by atoms with Gasteiger partial charge < -0.3 is 14.2 Å². The number of carbonyl (C=O) groups excluding carboxylic acids is 3. The number of allylic oxidation sites excluding steroid dienone is 14. The van der Waals surface area contributed by atoms with Crippen LogP contribution in [0.4, 0.5) is 0 Å². The summed E-state index contributed by atoms with van der Waals surface area (Å²) >= 11 is 0. The normalized spacial score (nSPS) is 12.8. The zero-order valence-corrected chi connectivity index (χ0v) is 38.9. The van der Waals surface area contributed by atoms with Gasteiger partial charge in [0.1, 0.15) is 13.2 Å². The lowest BCUT2D eigenvalue weighted by Crippen LogP contribution is -2.30. The van der Waals surface area contributed by atoms with E-state index in [0.717, 1.165) is 64.2 Å². The Balaban J connectivity index is 4.53. The molecule has 0 saturated heterocycles. The minimum absolute atomic E-state index is 0.115. The maximum Gasteiger partial charge on any atom is 0.306 e. The second-order valence-electron chi connectivity index (χ2n) is 16.1. The summed E-state index contributed by atoms with van der Waals surface area (Å²) in [6.45, 7) is 6.39. The number of unbranched alkanes of at least 4 members (excludes halogenated alkanes) is 22. The lowest BCUT2D eigenvalue weighted by Gasteiger charge is -2.18. The Morgan fingerprint density at radius 1 is 0.367 bits per heavy atom. The molecule has 342 valence electrons. The van der Waals surface area contributed by atoms with E-state index in [1.54, 1.807) is 0 Å². The topological polar surface area (TPSA) is 78.9 Å². The average Bonchev–Trinajstić information content (AvgIpc) is 3.24. The van der Waals surface area contributed by atoms with Crippen LogP contribution in [0.5, 0.6) is 0 Å². The number of hydrogen-bond donors (Lipinski definition) is 0. The fraction of sp³-hybridized carbons (Fsp3) is 0.685. The first-order valence-electron chi connectivity index (χ1n) is 24.7. The summed E-state index contributed by atoms with van der Waals surface area (Å²) in [6.07, 6.45) is 61.5. The van der Waals surface area contributed by atoms with Crippen LogP contribution >= 0.6 is 0 Å². The van der Waals surface area contributed by atoms with Crippen molar-refractivity contribution in [2.75, 3.05) is 13.2 Å². The summed E-state index contributed by atoms with van der Waals surface area (Å²) in [5.74, 6) is -1.02. The Hall–Kier alpha value is -3.41. The molecule has 0 aliphatic rings. The van der Waals surface area contributed by atoms with Crippen molar-refractivity contribution in [1.82, 2.24) is 0 Å². The van der Waals surface area contributed by atoms with Gasteiger partial charge >= 0.3 is 17.9 Å². The molecule has 60 heavy (non-hydrogen) atoms. The minimum Gasteiger partial charge on any atom is -0.462 e. The van der Waals surface area contributed by atoms with Crippen molar-refractivity contribution in [3.63, 3.8) is 0 Å². The zero-order valence-electron chi connectivity index (χ0n) is 38.9. The molecule has 0 N–H and O–H groups in total. The first-order valence-corrected chi connectivity index (χ1v) is 24.7. The van der Waals surface area contributed by atoms with Crippen molar-refractivity contribution in [2.24, 2.45) is 0 Å². The standard InChI is InChI=1S/C54H90O6/c1-4-7-10-13-16-19-22-25-27-30-32-35-38-41-44-47-53(56)59-50-51(49-58-52(55)46-43-40-37-34-31-28-24-21-18-15-12-9-6-3)60-54(57)48-45-42-39-36-33-29-26-23-20-17-14-11-8-5-2/h7,10,13,16,19,22,25,27-28,30-32,37,40,51H,4-6,8-9,11-12,14-15,17-18,20-21,23-24,26,29,33-36,38-39,41-50H2,1-3H3/b10-7-,16-13-,22-19-,27-25-,31-28-,32-30-,40-37-. The Morgan fingerprint density at radius 3 is 1.27 bits per heavy atom. The van der Waals surface area contributed by atoms with Crippen LogP contribution in [0.3, 0.4) is 0 Å². The summed E-state index contributed by atoms with van der Waals surface area (Å²) < 4.78 is 16.7. The predicted octanol–water partition coefficient (Wildman–Crippen LogP) is 16.0. The summed E-state index contributed by atoms with van der Waals surface area (Å²) in [6, 6.07) is 0. The van der Waals surface area contributed by atoms with E-state index in [4.69, 9.17) is 14.2 Å². The van der Waals surface area contributed by atoms with Crippen molar-refractivity contribution in [1.29, 1.82) is 0 Å². The average molecular weight is 835 g/mol. The second kappa shape index (κ2) is 48.3. The molecule has 0 amide bonds. The maximum atomic E-state index is 12.8. The third-order valence-corrected chi connectivity index (χ3v) is 10.3. The summed E-state index contributed by atoms with van der Waals surface area (Å²) in [5, 5.41) is 0. The van der Waals surface area contributed by atoms with Crippen LogP contribution in [0.1, 0.15) is 220 Å². The van der Waals surface area contributed by atoms with E-state index >= 15 is 0 Å². The SMILES string of the molecule is CC\C=C/C=C\C=C/C=C\C=C/CCCCCC(=O)OCC(COC(=O)CC/C=C\C/C=C\CCCCCCCC)OC(=O)CCCCCCCCCCCCCCCC. The molecule has 1 atom stereocenters. The summed E-state index contributed by atoms with van der Waals surface area (Å²) in [7, 11) is 0. The van der Waals surface area contributed by atoms with Crippen molar-refractivity contribution in [2.45, 2.75) is 226 Å². The van der Waals surface area contributed by atoms with E-state index in [9.17, 15) is 14.4 Å². The van der Waals surface area contributed by atoms with Gasteiger partial charge in [0.2, 0.25) is 0 Å². The number of ether oxygens (including phenoxy) is 3. The van der Waals surface area contributed by atoms with Gasteiger partial charge in [-0.15, -0.1) is 0 Å². The molecule has 0 radical (unpaired) electrons. The van der Waals surface area contributed by atoms with Crippen molar-refractivity contribution in [3.05, 3.63) is 85.1 Å². The quantitative estimate of drug-likeness (QED) is 0.0200. The third kappa shape index (κ3) is 45.7. The molecule has 6 heteroatoms. The molecule has 0 aliphatic carbocycles. The largest absolute Gasteiger partial charge is 0.462 e. The van der Waals surface area contributed by atoms with Crippen molar-refractivity contribution >= 4 is 17.9 Å². The van der Waals surface area contributed by atoms with E-state index in [2.05, 4.69) is 51.2 Å². The zero-order chi connectivity index (χ0) is 43.7. The highest BCUT2D eigenvalue weighted by molar-refractivity contribution is 5.71. The van der Waals surface area contributed by atoms with Gasteiger partial charge in [-0.2, -0.15) is 0 Å². The van der Waals surface area contributed by atoms with E-state index in [1.165, 1.54) is 109 Å². The third-order valence-electron chi connectivity index (χ3n) is 10.3. The van der Waals surface area contributed by atoms with E-state index in [1.807, 2.05) is 54.7 Å². The van der Waals surface area contributed by atoms with Gasteiger partial charge in [0, 0.05) is 19.3 Å². The Morgan fingerprint density at radius 2 is 0.750 bits per heavy atom. The molecular weight excluding hydrogens is 745 g/mol. The van der Waals surface area contributed by atoms with Gasteiger partial charge in [0.05, 0.1) is 0 Å². The highest BCUT2D eigenvalue weighted by Gasteiger charge is 2.19. The number of rotatable bonds is 43. The highest BCUT2D eigenvalue weighted by Crippen LogP contribution is 2.14. The summed E-state index contributed by atoms with van der Waals surface area (Å²) in [5.41, 5.74) is 0. The molecule has 0 rings (SSSR count). The van der Waals surface area contributed by atoms with Gasteiger partial charge in [-0.05, 0) is 57.8 Å². The van der Waals surface area contributed by atoms with E-state index in [-0.39, 0.29) is 37.5 Å². The Labute approximate surface area is 369 Å². The molecule has 0 bridgehead atoms. The van der Waals surface area contributed by atoms with Crippen LogP contribution in [0.2, 0.25) is 0 Å². The molecule has 0 fully saturated rings. The van der Waals surface area contributed by atoms with E-state index in [0.29, 0.717) is 19.3 Å². The fourth-order valence-electron chi connectivity index (χ4n) is 6.57. The van der Waals surface area contributed by atoms with Crippen LogP contribution in [0, 0.1) is 0 Å². The molecular formula is C54H90O6. The van der Waals surface area contributed by atoms with Crippen LogP contribution < -0.4 is 0 Å². The molecule has 0 aromatic carbocycles. The molecule has 6 nitrogen and oxygen atoms in total. The molecule has 0 aromatic rings. The van der Waals surface area contributed by atoms with Crippen LogP contribution in [0.15, 0.2) is 85.1 Å². The number of hydrogen-bond acceptors (Lipinski definition) is 6. The number of carbonyl (C=O) groups is 3. The van der Waals surface area contributed by atoms with Crippen molar-refractivity contribution < 1.29 is 28.6 Å². The Bertz CT molecular complexity index is 1190. The van der Waals surface area contributed by atoms with Crippen molar-refractivity contribution in [3.8, 4) is 0 Å². The monoisotopic (exact) mass is 835 g/mol. The smallest absolute Gasteiger partial charge is 0.306 e. The second-order valence-corrected chi connectivity index (χ2v) is 16.1.